The Kier molecular flexibility index (Phi) is 7.10. The molecule has 3 nitrogen and oxygen atoms in total. The summed E-state index contributed by atoms with van der Waals surface area (Å²) in [5.74, 6) is 0.930. The third-order valence-electron chi connectivity index (χ3n) is 5.51. The first kappa shape index (κ1) is 17.7. The Morgan fingerprint density at radius 3 is 2.45 bits per heavy atom. The Labute approximate surface area is 137 Å². The van der Waals surface area contributed by atoms with Crippen LogP contribution in [0.1, 0.15) is 59.3 Å². The van der Waals surface area contributed by atoms with Gasteiger partial charge in [0.25, 0.3) is 0 Å². The van der Waals surface area contributed by atoms with Gasteiger partial charge in [0.15, 0.2) is 0 Å². The molecule has 2 heterocycles. The summed E-state index contributed by atoms with van der Waals surface area (Å²) >= 11 is 0. The molecule has 0 radical (unpaired) electrons. The lowest BCUT2D eigenvalue weighted by molar-refractivity contribution is 0.0797. The van der Waals surface area contributed by atoms with Gasteiger partial charge in [-0.2, -0.15) is 0 Å². The van der Waals surface area contributed by atoms with E-state index in [4.69, 9.17) is 4.99 Å². The van der Waals surface area contributed by atoms with Crippen LogP contribution in [0.3, 0.4) is 0 Å². The van der Waals surface area contributed by atoms with E-state index >= 15 is 0 Å². The lowest BCUT2D eigenvalue weighted by Crippen LogP contribution is -2.49. The van der Waals surface area contributed by atoms with Crippen molar-refractivity contribution < 1.29 is 0 Å². The third-order valence-corrected chi connectivity index (χ3v) is 5.51. The molecule has 2 rings (SSSR count). The molecule has 0 aromatic heterocycles. The number of aliphatic imine (C=N–C) groups is 1. The number of hydrogen-bond donors (Lipinski definition) is 0. The summed E-state index contributed by atoms with van der Waals surface area (Å²) < 4.78 is 0. The van der Waals surface area contributed by atoms with Crippen LogP contribution in [0.5, 0.6) is 0 Å². The lowest BCUT2D eigenvalue weighted by atomic mass is 9.89. The molecule has 0 amide bonds. The summed E-state index contributed by atoms with van der Waals surface area (Å²) in [5, 5.41) is 0. The lowest BCUT2D eigenvalue weighted by Gasteiger charge is -2.42. The van der Waals surface area contributed by atoms with Crippen molar-refractivity contribution in [2.24, 2.45) is 10.9 Å². The zero-order chi connectivity index (χ0) is 15.8. The van der Waals surface area contributed by atoms with Crippen LogP contribution in [-0.4, -0.2) is 54.4 Å². The standard InChI is InChI=1S/C19H35N3/c1-4-12-19(13-8-14-20-19)22-16-10-18(11-17-22)9-7-15-21(5-2)6-3/h8,13-14,18H,4-7,9-12,15-17H2,1-3H3. The zero-order valence-electron chi connectivity index (χ0n) is 14.9. The van der Waals surface area contributed by atoms with Crippen LogP contribution >= 0.6 is 0 Å². The van der Waals surface area contributed by atoms with Crippen LogP contribution in [0.25, 0.3) is 0 Å². The summed E-state index contributed by atoms with van der Waals surface area (Å²) in [5.41, 5.74) is 0.000933. The summed E-state index contributed by atoms with van der Waals surface area (Å²) in [4.78, 5) is 9.96. The van der Waals surface area contributed by atoms with Crippen LogP contribution in [0.2, 0.25) is 0 Å². The smallest absolute Gasteiger partial charge is 0.132 e. The number of rotatable bonds is 9. The van der Waals surface area contributed by atoms with Gasteiger partial charge in [0.2, 0.25) is 0 Å². The average molecular weight is 306 g/mol. The second-order valence-corrected chi connectivity index (χ2v) is 6.87. The first-order chi connectivity index (χ1) is 10.7. The van der Waals surface area contributed by atoms with Gasteiger partial charge in [-0.3, -0.25) is 9.89 Å². The summed E-state index contributed by atoms with van der Waals surface area (Å²) in [6.45, 7) is 12.9. The predicted molar refractivity (Wildman–Crippen MR) is 96.6 cm³/mol. The van der Waals surface area contributed by atoms with E-state index in [1.807, 2.05) is 6.21 Å². The van der Waals surface area contributed by atoms with Crippen molar-refractivity contribution in [2.75, 3.05) is 32.7 Å². The van der Waals surface area contributed by atoms with Crippen molar-refractivity contribution >= 4 is 6.21 Å². The number of nitrogens with zero attached hydrogens (tertiary/aromatic N) is 3. The molecule has 0 saturated carbocycles. The molecule has 0 N–H and O–H groups in total. The van der Waals surface area contributed by atoms with E-state index in [1.54, 1.807) is 0 Å². The Morgan fingerprint density at radius 1 is 1.18 bits per heavy atom. The molecule has 2 aliphatic rings. The number of hydrogen-bond acceptors (Lipinski definition) is 3. The molecule has 1 unspecified atom stereocenters. The van der Waals surface area contributed by atoms with E-state index in [2.05, 4.69) is 42.7 Å². The Hall–Kier alpha value is -0.670. The highest BCUT2D eigenvalue weighted by atomic mass is 15.3. The Morgan fingerprint density at radius 2 is 1.91 bits per heavy atom. The summed E-state index contributed by atoms with van der Waals surface area (Å²) in [6.07, 6.45) is 14.3. The quantitative estimate of drug-likeness (QED) is 0.642. The van der Waals surface area contributed by atoms with Crippen molar-refractivity contribution in [1.29, 1.82) is 0 Å². The van der Waals surface area contributed by atoms with Crippen molar-refractivity contribution in [3.05, 3.63) is 12.2 Å². The van der Waals surface area contributed by atoms with E-state index in [-0.39, 0.29) is 5.66 Å². The molecule has 0 aromatic rings. The van der Waals surface area contributed by atoms with E-state index < -0.39 is 0 Å². The van der Waals surface area contributed by atoms with Crippen LogP contribution in [0.15, 0.2) is 17.1 Å². The molecule has 1 fully saturated rings. The van der Waals surface area contributed by atoms with Gasteiger partial charge in [0, 0.05) is 19.3 Å². The fraction of sp³-hybridized carbons (Fsp3) is 0.842. The van der Waals surface area contributed by atoms with Gasteiger partial charge in [-0.05, 0) is 69.8 Å². The summed E-state index contributed by atoms with van der Waals surface area (Å²) in [6, 6.07) is 0. The Balaban J connectivity index is 1.73. The number of likely N-dealkylation sites (tertiary alicyclic amines) is 1. The fourth-order valence-corrected chi connectivity index (χ4v) is 4.03. The second kappa shape index (κ2) is 8.83. The number of piperidine rings is 1. The van der Waals surface area contributed by atoms with Crippen LogP contribution in [-0.2, 0) is 0 Å². The van der Waals surface area contributed by atoms with Gasteiger partial charge in [0.05, 0.1) is 0 Å². The summed E-state index contributed by atoms with van der Waals surface area (Å²) in [7, 11) is 0. The Bertz CT molecular complexity index is 351. The van der Waals surface area contributed by atoms with Gasteiger partial charge in [0.1, 0.15) is 5.66 Å². The first-order valence-corrected chi connectivity index (χ1v) is 9.44. The highest BCUT2D eigenvalue weighted by molar-refractivity contribution is 5.75. The van der Waals surface area contributed by atoms with Gasteiger partial charge in [-0.1, -0.05) is 27.2 Å². The first-order valence-electron chi connectivity index (χ1n) is 9.44. The number of allylic oxidation sites excluding steroid dienone is 1. The second-order valence-electron chi connectivity index (χ2n) is 6.87. The molecule has 0 aliphatic carbocycles. The highest BCUT2D eigenvalue weighted by Crippen LogP contribution is 2.33. The van der Waals surface area contributed by atoms with Crippen molar-refractivity contribution in [2.45, 2.75) is 65.0 Å². The minimum absolute atomic E-state index is 0.000933. The molecule has 2 aliphatic heterocycles. The molecule has 0 spiro atoms. The molecule has 22 heavy (non-hydrogen) atoms. The largest absolute Gasteiger partial charge is 0.304 e. The molecule has 126 valence electrons. The third kappa shape index (κ3) is 4.42. The minimum atomic E-state index is 0.000933. The zero-order valence-corrected chi connectivity index (χ0v) is 14.9. The molecule has 1 saturated heterocycles. The topological polar surface area (TPSA) is 18.8 Å². The molecule has 1 atom stereocenters. The molecule has 0 bridgehead atoms. The maximum Gasteiger partial charge on any atom is 0.132 e. The van der Waals surface area contributed by atoms with Gasteiger partial charge >= 0.3 is 0 Å². The maximum atomic E-state index is 4.80. The monoisotopic (exact) mass is 305 g/mol. The van der Waals surface area contributed by atoms with Gasteiger partial charge in [-0.15, -0.1) is 0 Å². The molecular weight excluding hydrogens is 270 g/mol. The maximum absolute atomic E-state index is 4.80. The molecular formula is C19H35N3. The van der Waals surface area contributed by atoms with Crippen molar-refractivity contribution in [1.82, 2.24) is 9.80 Å². The van der Waals surface area contributed by atoms with E-state index in [1.165, 1.54) is 64.8 Å². The molecule has 0 aromatic carbocycles. The van der Waals surface area contributed by atoms with E-state index in [9.17, 15) is 0 Å². The predicted octanol–water partition coefficient (Wildman–Crippen LogP) is 3.96. The van der Waals surface area contributed by atoms with E-state index in [0.29, 0.717) is 0 Å². The van der Waals surface area contributed by atoms with Crippen molar-refractivity contribution in [3.63, 3.8) is 0 Å². The average Bonchev–Trinajstić information content (AvgIpc) is 3.02. The van der Waals surface area contributed by atoms with Crippen LogP contribution in [0, 0.1) is 5.92 Å². The minimum Gasteiger partial charge on any atom is -0.304 e. The van der Waals surface area contributed by atoms with Crippen LogP contribution < -0.4 is 0 Å². The normalized spacial score (nSPS) is 26.4. The van der Waals surface area contributed by atoms with E-state index in [0.717, 1.165) is 12.3 Å². The van der Waals surface area contributed by atoms with Gasteiger partial charge < -0.3 is 4.90 Å². The van der Waals surface area contributed by atoms with Crippen LogP contribution in [0.4, 0.5) is 0 Å². The van der Waals surface area contributed by atoms with Gasteiger partial charge in [-0.25, -0.2) is 0 Å². The SMILES string of the molecule is CCCC1(N2CCC(CCCN(CC)CC)CC2)C=CC=N1. The fourth-order valence-electron chi connectivity index (χ4n) is 4.03. The van der Waals surface area contributed by atoms with Crippen molar-refractivity contribution in [3.8, 4) is 0 Å². The highest BCUT2D eigenvalue weighted by Gasteiger charge is 2.36. The molecule has 3 heteroatoms.